The summed E-state index contributed by atoms with van der Waals surface area (Å²) in [7, 11) is 0. The molecule has 10 rings (SSSR count). The fourth-order valence-corrected chi connectivity index (χ4v) is 8.59. The van der Waals surface area contributed by atoms with E-state index in [2.05, 4.69) is 127 Å². The van der Waals surface area contributed by atoms with E-state index in [0.29, 0.717) is 0 Å². The lowest BCUT2D eigenvalue weighted by Crippen LogP contribution is -2.63. The highest BCUT2D eigenvalue weighted by atomic mass is 14.3. The van der Waals surface area contributed by atoms with Gasteiger partial charge >= 0.3 is 0 Å². The molecule has 0 saturated carbocycles. The van der Waals surface area contributed by atoms with Crippen LogP contribution in [0, 0.1) is 0 Å². The number of rotatable bonds is 0. The van der Waals surface area contributed by atoms with Crippen molar-refractivity contribution in [2.45, 2.75) is 0 Å². The van der Waals surface area contributed by atoms with Crippen LogP contribution in [0.1, 0.15) is 0 Å². The lowest BCUT2D eigenvalue weighted by atomic mass is 9.30. The van der Waals surface area contributed by atoms with Crippen molar-refractivity contribution in [1.29, 1.82) is 0 Å². The molecule has 6 aromatic rings. The summed E-state index contributed by atoms with van der Waals surface area (Å²) in [5.41, 5.74) is 21.7. The van der Waals surface area contributed by atoms with Crippen molar-refractivity contribution in [3.8, 4) is 33.4 Å². The maximum atomic E-state index is 2.43. The molecule has 0 radical (unpaired) electrons. The van der Waals surface area contributed by atoms with E-state index in [1.54, 1.807) is 0 Å². The van der Waals surface area contributed by atoms with Crippen LogP contribution in [0.5, 0.6) is 0 Å². The maximum absolute atomic E-state index is 2.43. The predicted molar refractivity (Wildman–Crippen MR) is 170 cm³/mol. The normalized spacial score (nSPS) is 14.0. The lowest BCUT2D eigenvalue weighted by Gasteiger charge is -2.20. The Morgan fingerprint density at radius 2 is 0.487 bits per heavy atom. The molecule has 0 unspecified atom stereocenters. The van der Waals surface area contributed by atoms with Crippen LogP contribution >= 0.6 is 0 Å². The third-order valence-electron chi connectivity index (χ3n) is 9.90. The molecule has 4 aliphatic rings. The summed E-state index contributed by atoms with van der Waals surface area (Å²) < 4.78 is 0. The van der Waals surface area contributed by atoms with Gasteiger partial charge in [-0.15, -0.1) is 0 Å². The standard InChI is InChI=1S/C36H21B3/c1-4-16-28-22(10-1)25-13-7-19-31-34(25)37(28)32-20-8-14-26-23-11-3-6-18-30(23)39(35(26)32)33-21-9-15-27-24-12-2-5-17-29(24)38(31)36(27)33/h1-21H. The van der Waals surface area contributed by atoms with Crippen LogP contribution in [0.3, 0.4) is 0 Å². The van der Waals surface area contributed by atoms with Gasteiger partial charge in [0.05, 0.1) is 0 Å². The van der Waals surface area contributed by atoms with Gasteiger partial charge in [-0.2, -0.15) is 0 Å². The summed E-state index contributed by atoms with van der Waals surface area (Å²) in [5.74, 6) is 0. The Kier molecular flexibility index (Phi) is 3.74. The smallest absolute Gasteiger partial charge is 0.0727 e. The van der Waals surface area contributed by atoms with E-state index in [4.69, 9.17) is 0 Å². The first kappa shape index (κ1) is 20.5. The molecule has 0 spiro atoms. The first-order valence-electron chi connectivity index (χ1n) is 14.1. The van der Waals surface area contributed by atoms with Crippen LogP contribution in [0.2, 0.25) is 0 Å². The van der Waals surface area contributed by atoms with Gasteiger partial charge in [0.15, 0.2) is 0 Å². The van der Waals surface area contributed by atoms with Gasteiger partial charge in [0, 0.05) is 0 Å². The molecule has 39 heavy (non-hydrogen) atoms. The second-order valence-electron chi connectivity index (χ2n) is 11.5. The molecule has 6 aromatic carbocycles. The maximum Gasteiger partial charge on any atom is 0.241 e. The number of hydrogen-bond acceptors (Lipinski definition) is 0. The first-order valence-corrected chi connectivity index (χ1v) is 14.1. The average Bonchev–Trinajstić information content (AvgIpc) is 3.64. The Morgan fingerprint density at radius 1 is 0.231 bits per heavy atom. The van der Waals surface area contributed by atoms with Crippen LogP contribution < -0.4 is 49.2 Å². The Labute approximate surface area is 229 Å². The Balaban J connectivity index is 1.45. The highest BCUT2D eigenvalue weighted by Gasteiger charge is 2.48. The van der Waals surface area contributed by atoms with Gasteiger partial charge in [-0.25, -0.2) is 0 Å². The molecule has 0 amide bonds. The summed E-state index contributed by atoms with van der Waals surface area (Å²) in [6, 6.07) is 48.7. The largest absolute Gasteiger partial charge is 0.241 e. The van der Waals surface area contributed by atoms with Gasteiger partial charge in [0.1, 0.15) is 0 Å². The first-order chi connectivity index (χ1) is 19.4. The molecular weight excluding hydrogens is 465 g/mol. The molecule has 4 heterocycles. The summed E-state index contributed by atoms with van der Waals surface area (Å²) in [6.07, 6.45) is 0. The Hall–Kier alpha value is -4.49. The predicted octanol–water partition coefficient (Wildman–Crippen LogP) is 1.49. The van der Waals surface area contributed by atoms with Crippen LogP contribution in [0.15, 0.2) is 127 Å². The van der Waals surface area contributed by atoms with Crippen molar-refractivity contribution in [1.82, 2.24) is 0 Å². The van der Waals surface area contributed by atoms with E-state index in [0.717, 1.165) is 0 Å². The minimum Gasteiger partial charge on any atom is -0.0727 e. The molecule has 4 aliphatic heterocycles. The fourth-order valence-electron chi connectivity index (χ4n) is 8.59. The van der Waals surface area contributed by atoms with Gasteiger partial charge in [-0.05, 0) is 33.4 Å². The van der Waals surface area contributed by atoms with Gasteiger partial charge in [0.25, 0.3) is 0 Å². The Bertz CT molecular complexity index is 1820. The molecule has 0 fully saturated rings. The van der Waals surface area contributed by atoms with Crippen molar-refractivity contribution >= 4 is 69.3 Å². The van der Waals surface area contributed by atoms with E-state index >= 15 is 0 Å². The quantitative estimate of drug-likeness (QED) is 0.286. The zero-order valence-electron chi connectivity index (χ0n) is 21.4. The van der Waals surface area contributed by atoms with Crippen molar-refractivity contribution in [2.75, 3.05) is 0 Å². The molecule has 0 nitrogen and oxygen atoms in total. The van der Waals surface area contributed by atoms with Crippen LogP contribution in [0.25, 0.3) is 33.4 Å². The van der Waals surface area contributed by atoms with Gasteiger partial charge in [-0.3, -0.25) is 0 Å². The third-order valence-corrected chi connectivity index (χ3v) is 9.90. The van der Waals surface area contributed by atoms with Gasteiger partial charge in [0.2, 0.25) is 20.1 Å². The van der Waals surface area contributed by atoms with Crippen molar-refractivity contribution in [3.05, 3.63) is 127 Å². The van der Waals surface area contributed by atoms with E-state index in [1.165, 1.54) is 82.5 Å². The third kappa shape index (κ3) is 2.37. The number of fused-ring (bicyclic) bond motifs is 12. The van der Waals surface area contributed by atoms with Crippen molar-refractivity contribution in [3.63, 3.8) is 0 Å². The van der Waals surface area contributed by atoms with Crippen molar-refractivity contribution < 1.29 is 0 Å². The minimum atomic E-state index is 0.227. The van der Waals surface area contributed by atoms with Crippen LogP contribution in [0.4, 0.5) is 0 Å². The van der Waals surface area contributed by atoms with E-state index in [9.17, 15) is 0 Å². The molecule has 3 heteroatoms. The fraction of sp³-hybridized carbons (Fsp3) is 0. The zero-order chi connectivity index (χ0) is 25.2. The second kappa shape index (κ2) is 7.13. The second-order valence-corrected chi connectivity index (χ2v) is 11.5. The molecule has 0 aromatic heterocycles. The van der Waals surface area contributed by atoms with Crippen LogP contribution in [-0.4, -0.2) is 20.1 Å². The van der Waals surface area contributed by atoms with E-state index in [-0.39, 0.29) is 20.1 Å². The van der Waals surface area contributed by atoms with Crippen molar-refractivity contribution in [2.24, 2.45) is 0 Å². The molecule has 0 N–H and O–H groups in total. The van der Waals surface area contributed by atoms with E-state index < -0.39 is 0 Å². The van der Waals surface area contributed by atoms with E-state index in [1.807, 2.05) is 0 Å². The zero-order valence-corrected chi connectivity index (χ0v) is 21.4. The summed E-state index contributed by atoms with van der Waals surface area (Å²) >= 11 is 0. The molecule has 0 saturated heterocycles. The molecular formula is C36H21B3. The summed E-state index contributed by atoms with van der Waals surface area (Å²) in [5, 5.41) is 0. The minimum absolute atomic E-state index is 0.227. The highest BCUT2D eigenvalue weighted by molar-refractivity contribution is 7.15. The number of hydrogen-bond donors (Lipinski definition) is 0. The SMILES string of the molecule is c1ccc2c(c1)B1c3cccc4c3B(c3ccccc3-4)c3cccc4c3B(c3ccccc3-4)c3cccc-2c31. The molecule has 0 atom stereocenters. The molecule has 174 valence electrons. The average molecular weight is 486 g/mol. The van der Waals surface area contributed by atoms with Crippen LogP contribution in [-0.2, 0) is 0 Å². The molecule has 0 bridgehead atoms. The van der Waals surface area contributed by atoms with Gasteiger partial charge in [-0.1, -0.05) is 177 Å². The number of benzene rings is 6. The molecule has 0 aliphatic carbocycles. The lowest BCUT2D eigenvalue weighted by molar-refractivity contribution is 1.72. The summed E-state index contributed by atoms with van der Waals surface area (Å²) in [4.78, 5) is 0. The highest BCUT2D eigenvalue weighted by Crippen LogP contribution is 2.29. The Morgan fingerprint density at radius 3 is 0.821 bits per heavy atom. The monoisotopic (exact) mass is 486 g/mol. The summed E-state index contributed by atoms with van der Waals surface area (Å²) in [6.45, 7) is 0.680. The topological polar surface area (TPSA) is 0 Å². The van der Waals surface area contributed by atoms with Gasteiger partial charge < -0.3 is 0 Å².